The molecule has 12 heteroatoms. The van der Waals surface area contributed by atoms with Crippen LogP contribution in [0.25, 0.3) is 0 Å². The Hall–Kier alpha value is -3.02. The molecule has 1 unspecified atom stereocenters. The third-order valence-electron chi connectivity index (χ3n) is 5.27. The molecule has 3 N–H and O–H groups in total. The van der Waals surface area contributed by atoms with Crippen molar-refractivity contribution in [1.82, 2.24) is 25.4 Å². The van der Waals surface area contributed by atoms with Gasteiger partial charge >= 0.3 is 11.8 Å². The maximum absolute atomic E-state index is 12.8. The lowest BCUT2D eigenvalue weighted by Gasteiger charge is -2.21. The predicted octanol–water partition coefficient (Wildman–Crippen LogP) is 1.03. The molecule has 2 aromatic rings. The van der Waals surface area contributed by atoms with Gasteiger partial charge < -0.3 is 25.8 Å². The number of aromatic nitrogens is 1. The summed E-state index contributed by atoms with van der Waals surface area (Å²) < 4.78 is 0. The van der Waals surface area contributed by atoms with Gasteiger partial charge in [0, 0.05) is 55.7 Å². The van der Waals surface area contributed by atoms with Crippen molar-refractivity contribution in [3.63, 3.8) is 0 Å². The number of anilines is 1. The zero-order chi connectivity index (χ0) is 25.0. The topological polar surface area (TPSA) is 124 Å². The summed E-state index contributed by atoms with van der Waals surface area (Å²) in [6.07, 6.45) is 0.758. The van der Waals surface area contributed by atoms with Crippen LogP contribution in [0.1, 0.15) is 25.9 Å². The number of rotatable bonds is 6. The molecule has 0 spiro atoms. The maximum atomic E-state index is 12.8. The van der Waals surface area contributed by atoms with Crippen LogP contribution < -0.4 is 16.0 Å². The molecule has 182 valence electrons. The van der Waals surface area contributed by atoms with E-state index < -0.39 is 29.7 Å². The van der Waals surface area contributed by atoms with E-state index >= 15 is 0 Å². The number of aryl methyl sites for hydroxylation is 1. The van der Waals surface area contributed by atoms with Gasteiger partial charge in [0.05, 0.1) is 5.69 Å². The van der Waals surface area contributed by atoms with Crippen molar-refractivity contribution in [1.29, 1.82) is 0 Å². The number of halogens is 1. The molecule has 1 aromatic carbocycles. The fourth-order valence-corrected chi connectivity index (χ4v) is 4.69. The van der Waals surface area contributed by atoms with Gasteiger partial charge in [0.1, 0.15) is 6.04 Å². The Balaban J connectivity index is 1.63. The molecule has 0 saturated heterocycles. The van der Waals surface area contributed by atoms with E-state index in [4.69, 9.17) is 11.6 Å². The molecule has 0 radical (unpaired) electrons. The quantitative estimate of drug-likeness (QED) is 0.503. The summed E-state index contributed by atoms with van der Waals surface area (Å²) in [6, 6.07) is 3.77. The van der Waals surface area contributed by atoms with E-state index in [9.17, 15) is 19.2 Å². The number of amides is 4. The zero-order valence-corrected chi connectivity index (χ0v) is 21.0. The third-order valence-corrected chi connectivity index (χ3v) is 6.59. The summed E-state index contributed by atoms with van der Waals surface area (Å²) in [5.41, 5.74) is 2.03. The lowest BCUT2D eigenvalue weighted by atomic mass is 10.2. The first kappa shape index (κ1) is 25.6. The fourth-order valence-electron chi connectivity index (χ4n) is 3.37. The Morgan fingerprint density at radius 2 is 1.97 bits per heavy atom. The molecular formula is C22H27ClN6O4S. The van der Waals surface area contributed by atoms with E-state index in [0.717, 1.165) is 30.1 Å². The van der Waals surface area contributed by atoms with Crippen LogP contribution in [0.3, 0.4) is 0 Å². The standard InChI is InChI=1S/C22H27ClN6O4S/c1-12-9-13(23)5-6-14(12)25-19(31)18(30)24-10-16(22(33)28(2)3)26-20(32)21-27-15-7-8-29(4)11-17(15)34-21/h5-6,9,16H,7-8,10-11H2,1-4H3,(H,24,30)(H,25,31)(H,26,32). The number of carbonyl (C=O) groups excluding carboxylic acids is 4. The van der Waals surface area contributed by atoms with Crippen molar-refractivity contribution < 1.29 is 19.2 Å². The Morgan fingerprint density at radius 3 is 2.65 bits per heavy atom. The van der Waals surface area contributed by atoms with Crippen molar-refractivity contribution >= 4 is 52.3 Å². The van der Waals surface area contributed by atoms with Gasteiger partial charge in [-0.1, -0.05) is 11.6 Å². The summed E-state index contributed by atoms with van der Waals surface area (Å²) in [5, 5.41) is 8.33. The Morgan fingerprint density at radius 1 is 1.24 bits per heavy atom. The number of hydrogen-bond acceptors (Lipinski definition) is 7. The lowest BCUT2D eigenvalue weighted by molar-refractivity contribution is -0.136. The second-order valence-electron chi connectivity index (χ2n) is 8.26. The molecule has 0 bridgehead atoms. The van der Waals surface area contributed by atoms with Crippen molar-refractivity contribution in [2.45, 2.75) is 25.9 Å². The van der Waals surface area contributed by atoms with Crippen LogP contribution in [0.15, 0.2) is 18.2 Å². The highest BCUT2D eigenvalue weighted by atomic mass is 35.5. The fraction of sp³-hybridized carbons (Fsp3) is 0.409. The molecule has 0 fully saturated rings. The summed E-state index contributed by atoms with van der Waals surface area (Å²) in [4.78, 5) is 59.0. The van der Waals surface area contributed by atoms with Crippen LogP contribution in [0.4, 0.5) is 5.69 Å². The molecule has 10 nitrogen and oxygen atoms in total. The molecule has 34 heavy (non-hydrogen) atoms. The minimum Gasteiger partial charge on any atom is -0.347 e. The van der Waals surface area contributed by atoms with Gasteiger partial charge in [0.15, 0.2) is 5.01 Å². The van der Waals surface area contributed by atoms with Crippen molar-refractivity contribution in [2.75, 3.05) is 39.5 Å². The molecule has 1 aromatic heterocycles. The smallest absolute Gasteiger partial charge is 0.313 e. The van der Waals surface area contributed by atoms with Gasteiger partial charge in [-0.05, 0) is 37.7 Å². The monoisotopic (exact) mass is 506 g/mol. The van der Waals surface area contributed by atoms with Gasteiger partial charge in [0.2, 0.25) is 5.91 Å². The van der Waals surface area contributed by atoms with Crippen LogP contribution in [0.2, 0.25) is 5.02 Å². The van der Waals surface area contributed by atoms with E-state index in [2.05, 4.69) is 25.8 Å². The highest BCUT2D eigenvalue weighted by molar-refractivity contribution is 7.13. The van der Waals surface area contributed by atoms with E-state index in [1.807, 2.05) is 7.05 Å². The first-order chi connectivity index (χ1) is 16.0. The van der Waals surface area contributed by atoms with Crippen LogP contribution >= 0.6 is 22.9 Å². The van der Waals surface area contributed by atoms with Gasteiger partial charge in [-0.3, -0.25) is 19.2 Å². The van der Waals surface area contributed by atoms with E-state index in [-0.39, 0.29) is 11.6 Å². The second kappa shape index (κ2) is 10.9. The van der Waals surface area contributed by atoms with Crippen LogP contribution in [-0.2, 0) is 27.3 Å². The summed E-state index contributed by atoms with van der Waals surface area (Å²) >= 11 is 7.20. The van der Waals surface area contributed by atoms with Gasteiger partial charge in [0.25, 0.3) is 5.91 Å². The molecule has 1 aliphatic heterocycles. The molecule has 0 saturated carbocycles. The third kappa shape index (κ3) is 6.31. The molecule has 3 rings (SSSR count). The number of nitrogens with zero attached hydrogens (tertiary/aromatic N) is 3. The zero-order valence-electron chi connectivity index (χ0n) is 19.4. The number of nitrogens with one attached hydrogen (secondary N) is 3. The number of carbonyl (C=O) groups is 4. The number of likely N-dealkylation sites (N-methyl/N-ethyl adjacent to an activating group) is 2. The van der Waals surface area contributed by atoms with E-state index in [0.29, 0.717) is 16.3 Å². The summed E-state index contributed by atoms with van der Waals surface area (Å²) in [5.74, 6) is -2.76. The SMILES string of the molecule is Cc1cc(Cl)ccc1NC(=O)C(=O)NCC(NC(=O)c1nc2c(s1)CN(C)CC2)C(=O)N(C)C. The first-order valence-electron chi connectivity index (χ1n) is 10.6. The van der Waals surface area contributed by atoms with Gasteiger partial charge in [-0.2, -0.15) is 0 Å². The number of hydrogen-bond donors (Lipinski definition) is 3. The van der Waals surface area contributed by atoms with Crippen LogP contribution in [0.5, 0.6) is 0 Å². The van der Waals surface area contributed by atoms with Crippen molar-refractivity contribution in [3.05, 3.63) is 44.4 Å². The average molecular weight is 507 g/mol. The highest BCUT2D eigenvalue weighted by Crippen LogP contribution is 2.24. The molecule has 1 atom stereocenters. The Labute approximate surface area is 206 Å². The molecule has 1 aliphatic rings. The largest absolute Gasteiger partial charge is 0.347 e. The van der Waals surface area contributed by atoms with Crippen molar-refractivity contribution in [2.24, 2.45) is 0 Å². The first-order valence-corrected chi connectivity index (χ1v) is 11.8. The number of fused-ring (bicyclic) bond motifs is 1. The van der Waals surface area contributed by atoms with Crippen LogP contribution in [-0.4, -0.2) is 78.7 Å². The summed E-state index contributed by atoms with van der Waals surface area (Å²) in [7, 11) is 5.08. The normalized spacial score (nSPS) is 14.0. The minimum absolute atomic E-state index is 0.261. The van der Waals surface area contributed by atoms with Crippen molar-refractivity contribution in [3.8, 4) is 0 Å². The van der Waals surface area contributed by atoms with Gasteiger partial charge in [-0.15, -0.1) is 11.3 Å². The van der Waals surface area contributed by atoms with Crippen LogP contribution in [0, 0.1) is 6.92 Å². The molecule has 0 aliphatic carbocycles. The number of thiazole rings is 1. The van der Waals surface area contributed by atoms with Gasteiger partial charge in [-0.25, -0.2) is 4.98 Å². The average Bonchev–Trinajstić information content (AvgIpc) is 3.20. The Bertz CT molecular complexity index is 1120. The molecule has 4 amide bonds. The molecular weight excluding hydrogens is 480 g/mol. The number of benzene rings is 1. The lowest BCUT2D eigenvalue weighted by Crippen LogP contribution is -2.53. The van der Waals surface area contributed by atoms with E-state index in [1.54, 1.807) is 25.1 Å². The van der Waals surface area contributed by atoms with E-state index in [1.165, 1.54) is 30.3 Å². The maximum Gasteiger partial charge on any atom is 0.313 e. The highest BCUT2D eigenvalue weighted by Gasteiger charge is 2.28. The summed E-state index contributed by atoms with van der Waals surface area (Å²) in [6.45, 7) is 3.07. The molecule has 2 heterocycles. The Kier molecular flexibility index (Phi) is 8.24. The second-order valence-corrected chi connectivity index (χ2v) is 9.78. The predicted molar refractivity (Wildman–Crippen MR) is 130 cm³/mol. The minimum atomic E-state index is -1.07.